The van der Waals surface area contributed by atoms with Crippen molar-refractivity contribution in [3.05, 3.63) is 16.0 Å². The number of piperidine rings is 1. The molecule has 0 radical (unpaired) electrons. The maximum atomic E-state index is 12.7. The number of likely N-dealkylation sites (N-methyl/N-ethyl adjacent to an activating group) is 1. The van der Waals surface area contributed by atoms with Gasteiger partial charge in [0.1, 0.15) is 5.00 Å². The Morgan fingerprint density at radius 1 is 1.26 bits per heavy atom. The fourth-order valence-corrected chi connectivity index (χ4v) is 5.54. The van der Waals surface area contributed by atoms with E-state index in [1.54, 1.807) is 16.2 Å². The number of hydrogen-bond donors (Lipinski definition) is 3. The molecular weight excluding hydrogens is 362 g/mol. The Bertz CT molecular complexity index is 680. The number of likely N-dealkylation sites (tertiary alicyclic amines) is 1. The van der Waals surface area contributed by atoms with E-state index in [0.29, 0.717) is 29.8 Å². The van der Waals surface area contributed by atoms with Crippen LogP contribution >= 0.6 is 11.3 Å². The summed E-state index contributed by atoms with van der Waals surface area (Å²) in [4.78, 5) is 29.3. The second-order valence-corrected chi connectivity index (χ2v) is 9.04. The van der Waals surface area contributed by atoms with E-state index >= 15 is 0 Å². The van der Waals surface area contributed by atoms with Crippen LogP contribution in [0.1, 0.15) is 53.4 Å². The Kier molecular flexibility index (Phi) is 6.89. The average molecular weight is 396 g/mol. The third-order valence-corrected chi connectivity index (χ3v) is 7.09. The van der Waals surface area contributed by atoms with Crippen LogP contribution < -0.4 is 15.1 Å². The Labute approximate surface area is 165 Å². The van der Waals surface area contributed by atoms with E-state index < -0.39 is 0 Å². The molecule has 1 saturated heterocycles. The number of carbonyl (C=O) groups excluding carboxylic acids is 2. The first kappa shape index (κ1) is 20.3. The lowest BCUT2D eigenvalue weighted by Gasteiger charge is -2.30. The van der Waals surface area contributed by atoms with Gasteiger partial charge in [0, 0.05) is 17.7 Å². The first-order valence-electron chi connectivity index (χ1n) is 10.2. The van der Waals surface area contributed by atoms with Gasteiger partial charge in [0.25, 0.3) is 5.91 Å². The van der Waals surface area contributed by atoms with Crippen molar-refractivity contribution in [1.29, 1.82) is 0 Å². The van der Waals surface area contributed by atoms with Crippen molar-refractivity contribution in [3.63, 3.8) is 0 Å². The summed E-state index contributed by atoms with van der Waals surface area (Å²) in [5.41, 5.74) is 1.70. The van der Waals surface area contributed by atoms with E-state index in [9.17, 15) is 9.59 Å². The quantitative estimate of drug-likeness (QED) is 0.591. The molecule has 0 bridgehead atoms. The Hall–Kier alpha value is -1.44. The van der Waals surface area contributed by atoms with Gasteiger partial charge in [-0.3, -0.25) is 4.79 Å². The van der Waals surface area contributed by atoms with Gasteiger partial charge in [-0.1, -0.05) is 0 Å². The van der Waals surface area contributed by atoms with Gasteiger partial charge in [-0.25, -0.2) is 4.79 Å². The average Bonchev–Trinajstić information content (AvgIpc) is 3.00. The lowest BCUT2D eigenvalue weighted by molar-refractivity contribution is -0.935. The first-order valence-corrected chi connectivity index (χ1v) is 11.1. The summed E-state index contributed by atoms with van der Waals surface area (Å²) >= 11 is 1.56. The zero-order valence-electron chi connectivity index (χ0n) is 16.8. The molecule has 1 amide bonds. The summed E-state index contributed by atoms with van der Waals surface area (Å²) in [6.07, 6.45) is 6.45. The van der Waals surface area contributed by atoms with Crippen LogP contribution in [0.3, 0.4) is 0 Å². The minimum Gasteiger partial charge on any atom is -0.462 e. The molecule has 1 aromatic heterocycles. The number of thiophene rings is 1. The molecule has 0 aromatic carbocycles. The zero-order valence-corrected chi connectivity index (χ0v) is 17.6. The largest absolute Gasteiger partial charge is 0.462 e. The fourth-order valence-electron chi connectivity index (χ4n) is 4.24. The van der Waals surface area contributed by atoms with Crippen molar-refractivity contribution in [1.82, 2.24) is 0 Å². The van der Waals surface area contributed by atoms with Gasteiger partial charge in [0.15, 0.2) is 6.54 Å². The second-order valence-electron chi connectivity index (χ2n) is 7.94. The van der Waals surface area contributed by atoms with Crippen LogP contribution in [-0.4, -0.2) is 58.3 Å². The van der Waals surface area contributed by atoms with Crippen molar-refractivity contribution < 1.29 is 24.1 Å². The number of amides is 1. The number of aryl methyl sites for hydroxylation is 1. The summed E-state index contributed by atoms with van der Waals surface area (Å²) in [5.74, 6) is -0.311. The fraction of sp³-hybridized carbons (Fsp3) is 0.700. The van der Waals surface area contributed by atoms with Gasteiger partial charge in [0.2, 0.25) is 0 Å². The van der Waals surface area contributed by atoms with Crippen molar-refractivity contribution >= 4 is 28.2 Å². The standard InChI is InChI=1S/C20H31N3O3S/c1-4-26-20(25)18-15-7-5-6-8-16(15)27-19(18)21-17(24)13-23(3)14-9-11-22(2)12-10-14/h14H,4-13H2,1-3H3,(H,21,24)/p+2. The number of fused-ring (bicyclic) bond motifs is 1. The molecule has 1 aliphatic heterocycles. The third-order valence-electron chi connectivity index (χ3n) is 5.88. The normalized spacial score (nSPS) is 23.4. The lowest BCUT2D eigenvalue weighted by Crippen LogP contribution is -3.18. The summed E-state index contributed by atoms with van der Waals surface area (Å²) in [6.45, 7) is 4.95. The predicted molar refractivity (Wildman–Crippen MR) is 107 cm³/mol. The highest BCUT2D eigenvalue weighted by Gasteiger charge is 2.30. The topological polar surface area (TPSA) is 64.3 Å². The van der Waals surface area contributed by atoms with Gasteiger partial charge < -0.3 is 19.9 Å². The molecule has 1 atom stereocenters. The van der Waals surface area contributed by atoms with E-state index in [1.807, 2.05) is 6.92 Å². The highest BCUT2D eigenvalue weighted by atomic mass is 32.1. The van der Waals surface area contributed by atoms with Gasteiger partial charge in [-0.15, -0.1) is 11.3 Å². The highest BCUT2D eigenvalue weighted by molar-refractivity contribution is 7.17. The van der Waals surface area contributed by atoms with E-state index in [1.165, 1.54) is 22.9 Å². The smallest absolute Gasteiger partial charge is 0.341 e. The van der Waals surface area contributed by atoms with Crippen molar-refractivity contribution in [2.75, 3.05) is 45.7 Å². The summed E-state index contributed by atoms with van der Waals surface area (Å²) in [5, 5.41) is 3.72. The molecule has 2 heterocycles. The van der Waals surface area contributed by atoms with E-state index in [0.717, 1.165) is 44.1 Å². The number of ether oxygens (including phenoxy) is 1. The van der Waals surface area contributed by atoms with Crippen molar-refractivity contribution in [3.8, 4) is 0 Å². The highest BCUT2D eigenvalue weighted by Crippen LogP contribution is 2.38. The molecular formula is C20H33N3O3S+2. The van der Waals surface area contributed by atoms with Crippen LogP contribution in [0, 0.1) is 0 Å². The van der Waals surface area contributed by atoms with Crippen LogP contribution in [0.2, 0.25) is 0 Å². The minimum absolute atomic E-state index is 0.0112. The molecule has 0 spiro atoms. The lowest BCUT2D eigenvalue weighted by atomic mass is 9.95. The first-order chi connectivity index (χ1) is 13.0. The predicted octanol–water partition coefficient (Wildman–Crippen LogP) is -0.0661. The summed E-state index contributed by atoms with van der Waals surface area (Å²) in [6, 6.07) is 0.542. The molecule has 0 saturated carbocycles. The molecule has 1 aromatic rings. The Morgan fingerprint density at radius 2 is 1.96 bits per heavy atom. The number of nitrogens with one attached hydrogen (secondary N) is 3. The molecule has 1 unspecified atom stereocenters. The van der Waals surface area contributed by atoms with Crippen molar-refractivity contribution in [2.45, 2.75) is 51.5 Å². The molecule has 7 heteroatoms. The van der Waals surface area contributed by atoms with E-state index in [4.69, 9.17) is 4.74 Å². The van der Waals surface area contributed by atoms with E-state index in [-0.39, 0.29) is 11.9 Å². The Balaban J connectivity index is 1.68. The number of esters is 1. The maximum absolute atomic E-state index is 12.7. The zero-order chi connectivity index (χ0) is 19.4. The van der Waals surface area contributed by atoms with Crippen molar-refractivity contribution in [2.24, 2.45) is 0 Å². The summed E-state index contributed by atoms with van der Waals surface area (Å²) in [7, 11) is 4.34. The number of carbonyl (C=O) groups is 2. The van der Waals surface area contributed by atoms with Crippen LogP contribution in [0.4, 0.5) is 5.00 Å². The molecule has 2 aliphatic rings. The minimum atomic E-state index is -0.300. The molecule has 3 rings (SSSR count). The number of quaternary nitrogens is 2. The van der Waals surface area contributed by atoms with Gasteiger partial charge in [0.05, 0.1) is 45.4 Å². The van der Waals surface area contributed by atoms with Crippen LogP contribution in [0.15, 0.2) is 0 Å². The molecule has 150 valence electrons. The van der Waals surface area contributed by atoms with Gasteiger partial charge in [-0.05, 0) is 38.2 Å². The SMILES string of the molecule is CCOC(=O)c1c(NC(=O)C[NH+](C)C2CC[NH+](C)CC2)sc2c1CCCC2. The monoisotopic (exact) mass is 395 g/mol. The van der Waals surface area contributed by atoms with Crippen LogP contribution in [-0.2, 0) is 22.4 Å². The van der Waals surface area contributed by atoms with Crippen LogP contribution in [0.5, 0.6) is 0 Å². The van der Waals surface area contributed by atoms with Crippen LogP contribution in [0.25, 0.3) is 0 Å². The van der Waals surface area contributed by atoms with E-state index in [2.05, 4.69) is 19.4 Å². The number of rotatable bonds is 6. The summed E-state index contributed by atoms with van der Waals surface area (Å²) < 4.78 is 5.27. The number of anilines is 1. The number of hydrogen-bond acceptors (Lipinski definition) is 4. The van der Waals surface area contributed by atoms with Gasteiger partial charge in [-0.2, -0.15) is 0 Å². The second kappa shape index (κ2) is 9.17. The molecule has 1 aliphatic carbocycles. The molecule has 27 heavy (non-hydrogen) atoms. The maximum Gasteiger partial charge on any atom is 0.341 e. The molecule has 3 N–H and O–H groups in total. The molecule has 6 nitrogen and oxygen atoms in total. The molecule has 1 fully saturated rings. The third kappa shape index (κ3) is 4.89. The Morgan fingerprint density at radius 3 is 2.67 bits per heavy atom. The van der Waals surface area contributed by atoms with Gasteiger partial charge >= 0.3 is 5.97 Å².